The van der Waals surface area contributed by atoms with Crippen molar-refractivity contribution in [2.24, 2.45) is 0 Å². The van der Waals surface area contributed by atoms with Gasteiger partial charge in [0.1, 0.15) is 0 Å². The number of hydrogen-bond donors (Lipinski definition) is 0. The summed E-state index contributed by atoms with van der Waals surface area (Å²) in [5, 5.41) is 0.0937. The second-order valence-electron chi connectivity index (χ2n) is 2.73. The molecule has 1 radical (unpaired) electrons. The molecule has 0 aliphatic heterocycles. The number of benzene rings is 1. The molecule has 0 aliphatic rings. The van der Waals surface area contributed by atoms with Gasteiger partial charge < -0.3 is 0 Å². The van der Waals surface area contributed by atoms with E-state index in [0.717, 1.165) is 0 Å². The summed E-state index contributed by atoms with van der Waals surface area (Å²) in [7, 11) is 3.98. The fourth-order valence-corrected chi connectivity index (χ4v) is 1.07. The SMILES string of the molecule is CN(C)C([S])c1ccccc1. The molecule has 1 aromatic carbocycles. The van der Waals surface area contributed by atoms with Crippen LogP contribution in [0.3, 0.4) is 0 Å². The second-order valence-corrected chi connectivity index (χ2v) is 3.17. The standard InChI is InChI=1S/C9H12NS/c1-10(2)9(11)8-6-4-3-5-7-8/h3-7,9H,1-2H3. The third-order valence-corrected chi connectivity index (χ3v) is 2.25. The summed E-state index contributed by atoms with van der Waals surface area (Å²) in [6, 6.07) is 10.1. The highest BCUT2D eigenvalue weighted by molar-refractivity contribution is 7.80. The molecule has 2 heteroatoms. The zero-order valence-electron chi connectivity index (χ0n) is 6.82. The van der Waals surface area contributed by atoms with E-state index in [4.69, 9.17) is 12.6 Å². The van der Waals surface area contributed by atoms with Crippen LogP contribution in [-0.2, 0) is 0 Å². The summed E-state index contributed by atoms with van der Waals surface area (Å²) in [4.78, 5) is 2.02. The maximum Gasteiger partial charge on any atom is 0.0913 e. The number of nitrogens with zero attached hydrogens (tertiary/aromatic N) is 1. The summed E-state index contributed by atoms with van der Waals surface area (Å²) < 4.78 is 0. The first-order valence-electron chi connectivity index (χ1n) is 3.59. The molecule has 0 amide bonds. The minimum atomic E-state index is 0.0937. The van der Waals surface area contributed by atoms with Crippen LogP contribution in [-0.4, -0.2) is 19.0 Å². The first-order chi connectivity index (χ1) is 5.22. The van der Waals surface area contributed by atoms with E-state index in [2.05, 4.69) is 12.1 Å². The second kappa shape index (κ2) is 3.79. The lowest BCUT2D eigenvalue weighted by molar-refractivity contribution is 0.393. The van der Waals surface area contributed by atoms with Crippen molar-refractivity contribution >= 4 is 12.6 Å². The van der Waals surface area contributed by atoms with E-state index in [1.807, 2.05) is 37.2 Å². The zero-order chi connectivity index (χ0) is 8.27. The van der Waals surface area contributed by atoms with Crippen LogP contribution < -0.4 is 0 Å². The highest BCUT2D eigenvalue weighted by atomic mass is 32.1. The average Bonchev–Trinajstić information content (AvgIpc) is 2.05. The maximum atomic E-state index is 5.25. The Morgan fingerprint density at radius 3 is 2.18 bits per heavy atom. The van der Waals surface area contributed by atoms with Crippen molar-refractivity contribution in [3.63, 3.8) is 0 Å². The Labute approximate surface area is 73.4 Å². The fraction of sp³-hybridized carbons (Fsp3) is 0.333. The van der Waals surface area contributed by atoms with E-state index in [1.165, 1.54) is 5.56 Å². The highest BCUT2D eigenvalue weighted by Crippen LogP contribution is 2.20. The Morgan fingerprint density at radius 2 is 1.73 bits per heavy atom. The van der Waals surface area contributed by atoms with Gasteiger partial charge in [-0.15, -0.1) is 0 Å². The van der Waals surface area contributed by atoms with E-state index in [-0.39, 0.29) is 5.37 Å². The maximum absolute atomic E-state index is 5.25. The molecule has 1 atom stereocenters. The molecule has 0 saturated carbocycles. The van der Waals surface area contributed by atoms with Gasteiger partial charge in [-0.1, -0.05) is 43.0 Å². The normalized spacial score (nSPS) is 13.5. The smallest absolute Gasteiger partial charge is 0.0913 e. The van der Waals surface area contributed by atoms with Crippen LogP contribution in [0.4, 0.5) is 0 Å². The Bertz CT molecular complexity index is 208. The molecule has 0 fully saturated rings. The van der Waals surface area contributed by atoms with Crippen molar-refractivity contribution < 1.29 is 0 Å². The number of hydrogen-bond acceptors (Lipinski definition) is 1. The third kappa shape index (κ3) is 2.24. The quantitative estimate of drug-likeness (QED) is 0.652. The molecule has 0 N–H and O–H groups in total. The number of rotatable bonds is 2. The van der Waals surface area contributed by atoms with Gasteiger partial charge in [-0.25, -0.2) is 0 Å². The lowest BCUT2D eigenvalue weighted by Gasteiger charge is -2.17. The molecular formula is C9H12NS. The Hall–Kier alpha value is -0.470. The molecule has 1 aromatic rings. The van der Waals surface area contributed by atoms with E-state index >= 15 is 0 Å². The molecule has 0 bridgehead atoms. The Kier molecular flexibility index (Phi) is 2.97. The molecule has 1 nitrogen and oxygen atoms in total. The minimum Gasteiger partial charge on any atom is -0.293 e. The van der Waals surface area contributed by atoms with Crippen molar-refractivity contribution in [2.45, 2.75) is 5.37 Å². The van der Waals surface area contributed by atoms with Gasteiger partial charge in [0, 0.05) is 0 Å². The highest BCUT2D eigenvalue weighted by Gasteiger charge is 2.07. The van der Waals surface area contributed by atoms with E-state index in [1.54, 1.807) is 0 Å². The average molecular weight is 166 g/mol. The van der Waals surface area contributed by atoms with Gasteiger partial charge >= 0.3 is 0 Å². The molecular weight excluding hydrogens is 154 g/mol. The molecule has 1 rings (SSSR count). The topological polar surface area (TPSA) is 3.24 Å². The summed E-state index contributed by atoms with van der Waals surface area (Å²) in [5.41, 5.74) is 1.19. The molecule has 11 heavy (non-hydrogen) atoms. The van der Waals surface area contributed by atoms with Gasteiger partial charge in [0.2, 0.25) is 0 Å². The van der Waals surface area contributed by atoms with Crippen LogP contribution in [0.15, 0.2) is 30.3 Å². The van der Waals surface area contributed by atoms with Crippen molar-refractivity contribution in [3.8, 4) is 0 Å². The lowest BCUT2D eigenvalue weighted by Crippen LogP contribution is -2.14. The van der Waals surface area contributed by atoms with Crippen LogP contribution in [0.1, 0.15) is 10.9 Å². The molecule has 0 spiro atoms. The molecule has 59 valence electrons. The van der Waals surface area contributed by atoms with Crippen LogP contribution in [0.5, 0.6) is 0 Å². The van der Waals surface area contributed by atoms with E-state index < -0.39 is 0 Å². The first-order valence-corrected chi connectivity index (χ1v) is 4.06. The summed E-state index contributed by atoms with van der Waals surface area (Å²) in [6.45, 7) is 0. The van der Waals surface area contributed by atoms with Gasteiger partial charge in [-0.3, -0.25) is 4.90 Å². The van der Waals surface area contributed by atoms with Crippen molar-refractivity contribution in [1.82, 2.24) is 4.90 Å². The molecule has 1 unspecified atom stereocenters. The van der Waals surface area contributed by atoms with Crippen LogP contribution in [0.2, 0.25) is 0 Å². The molecule has 0 aromatic heterocycles. The molecule has 0 heterocycles. The Morgan fingerprint density at radius 1 is 1.18 bits per heavy atom. The van der Waals surface area contributed by atoms with Crippen molar-refractivity contribution in [3.05, 3.63) is 35.9 Å². The van der Waals surface area contributed by atoms with Crippen molar-refractivity contribution in [1.29, 1.82) is 0 Å². The minimum absolute atomic E-state index is 0.0937. The zero-order valence-corrected chi connectivity index (χ0v) is 7.64. The van der Waals surface area contributed by atoms with Gasteiger partial charge in [0.25, 0.3) is 0 Å². The van der Waals surface area contributed by atoms with E-state index in [9.17, 15) is 0 Å². The van der Waals surface area contributed by atoms with Crippen LogP contribution >= 0.6 is 12.6 Å². The van der Waals surface area contributed by atoms with Crippen LogP contribution in [0, 0.1) is 0 Å². The summed E-state index contributed by atoms with van der Waals surface area (Å²) in [6.07, 6.45) is 0. The summed E-state index contributed by atoms with van der Waals surface area (Å²) in [5.74, 6) is 0. The van der Waals surface area contributed by atoms with Gasteiger partial charge in [-0.05, 0) is 19.7 Å². The monoisotopic (exact) mass is 166 g/mol. The van der Waals surface area contributed by atoms with Gasteiger partial charge in [-0.2, -0.15) is 0 Å². The van der Waals surface area contributed by atoms with E-state index in [0.29, 0.717) is 0 Å². The van der Waals surface area contributed by atoms with Crippen molar-refractivity contribution in [2.75, 3.05) is 14.1 Å². The molecule has 0 aliphatic carbocycles. The van der Waals surface area contributed by atoms with Crippen LogP contribution in [0.25, 0.3) is 0 Å². The van der Waals surface area contributed by atoms with Gasteiger partial charge in [0.05, 0.1) is 5.37 Å². The first kappa shape index (κ1) is 8.62. The Balaban J connectivity index is 2.77. The third-order valence-electron chi connectivity index (χ3n) is 1.55. The molecule has 0 saturated heterocycles. The lowest BCUT2D eigenvalue weighted by atomic mass is 10.2. The predicted octanol–water partition coefficient (Wildman–Crippen LogP) is 2.44. The predicted molar refractivity (Wildman–Crippen MR) is 50.5 cm³/mol. The fourth-order valence-electron chi connectivity index (χ4n) is 0.916. The van der Waals surface area contributed by atoms with Gasteiger partial charge in [0.15, 0.2) is 0 Å². The summed E-state index contributed by atoms with van der Waals surface area (Å²) >= 11 is 5.25. The largest absolute Gasteiger partial charge is 0.293 e.